The Labute approximate surface area is 119 Å². The molecule has 1 atom stereocenters. The maximum atomic E-state index is 12.0. The molecule has 1 unspecified atom stereocenters. The number of ether oxygens (including phenoxy) is 2. The van der Waals surface area contributed by atoms with Gasteiger partial charge in [0.15, 0.2) is 11.5 Å². The van der Waals surface area contributed by atoms with Gasteiger partial charge in [0.05, 0.1) is 0 Å². The molecule has 0 bridgehead atoms. The van der Waals surface area contributed by atoms with Gasteiger partial charge in [-0.1, -0.05) is 26.0 Å². The Kier molecular flexibility index (Phi) is 5.24. The summed E-state index contributed by atoms with van der Waals surface area (Å²) in [5, 5.41) is 2.90. The van der Waals surface area contributed by atoms with E-state index in [0.29, 0.717) is 18.0 Å². The molecule has 20 heavy (non-hydrogen) atoms. The van der Waals surface area contributed by atoms with Gasteiger partial charge >= 0.3 is 0 Å². The molecule has 1 heterocycles. The second kappa shape index (κ2) is 7.14. The van der Waals surface area contributed by atoms with Gasteiger partial charge in [-0.25, -0.2) is 0 Å². The van der Waals surface area contributed by atoms with Crippen LogP contribution >= 0.6 is 0 Å². The van der Waals surface area contributed by atoms with E-state index in [-0.39, 0.29) is 12.5 Å². The summed E-state index contributed by atoms with van der Waals surface area (Å²) in [6.45, 7) is 7.94. The minimum atomic E-state index is -0.568. The number of nitrogens with zero attached hydrogens (tertiary/aromatic N) is 1. The minimum Gasteiger partial charge on any atom is -0.485 e. The predicted molar refractivity (Wildman–Crippen MR) is 77.2 cm³/mol. The Morgan fingerprint density at radius 3 is 2.70 bits per heavy atom. The molecule has 5 heteroatoms. The Bertz CT molecular complexity index is 446. The molecule has 5 nitrogen and oxygen atoms in total. The highest BCUT2D eigenvalue weighted by Gasteiger charge is 2.26. The summed E-state index contributed by atoms with van der Waals surface area (Å²) < 4.78 is 11.2. The minimum absolute atomic E-state index is 0.119. The SMILES string of the molecule is CCN(CC)CCNC(=O)C1COc2ccccc2O1. The van der Waals surface area contributed by atoms with Crippen LogP contribution in [0.25, 0.3) is 0 Å². The normalized spacial score (nSPS) is 17.1. The van der Waals surface area contributed by atoms with E-state index in [1.165, 1.54) is 0 Å². The van der Waals surface area contributed by atoms with E-state index >= 15 is 0 Å². The number of hydrogen-bond donors (Lipinski definition) is 1. The number of rotatable bonds is 6. The fourth-order valence-electron chi connectivity index (χ4n) is 2.14. The molecule has 1 amide bonds. The van der Waals surface area contributed by atoms with Crippen LogP contribution in [-0.2, 0) is 4.79 Å². The summed E-state index contributed by atoms with van der Waals surface area (Å²) >= 11 is 0. The zero-order valence-corrected chi connectivity index (χ0v) is 12.1. The second-order valence-corrected chi connectivity index (χ2v) is 4.68. The zero-order chi connectivity index (χ0) is 14.4. The first-order valence-corrected chi connectivity index (χ1v) is 7.13. The number of carbonyl (C=O) groups is 1. The first-order chi connectivity index (χ1) is 9.74. The summed E-state index contributed by atoms with van der Waals surface area (Å²) in [7, 11) is 0. The van der Waals surface area contributed by atoms with Gasteiger partial charge in [-0.2, -0.15) is 0 Å². The number of carbonyl (C=O) groups excluding carboxylic acids is 1. The third-order valence-electron chi connectivity index (χ3n) is 3.42. The first-order valence-electron chi connectivity index (χ1n) is 7.13. The highest BCUT2D eigenvalue weighted by atomic mass is 16.6. The summed E-state index contributed by atoms with van der Waals surface area (Å²) in [5.41, 5.74) is 0. The lowest BCUT2D eigenvalue weighted by molar-refractivity contribution is -0.130. The second-order valence-electron chi connectivity index (χ2n) is 4.68. The molecule has 0 fully saturated rings. The lowest BCUT2D eigenvalue weighted by atomic mass is 10.2. The molecule has 1 aliphatic rings. The van der Waals surface area contributed by atoms with Crippen molar-refractivity contribution >= 4 is 5.91 Å². The van der Waals surface area contributed by atoms with Crippen LogP contribution < -0.4 is 14.8 Å². The molecule has 1 N–H and O–H groups in total. The van der Waals surface area contributed by atoms with Crippen LogP contribution in [0, 0.1) is 0 Å². The number of fused-ring (bicyclic) bond motifs is 1. The predicted octanol–water partition coefficient (Wildman–Crippen LogP) is 1.28. The van der Waals surface area contributed by atoms with E-state index in [1.807, 2.05) is 24.3 Å². The Hall–Kier alpha value is -1.75. The fraction of sp³-hybridized carbons (Fsp3) is 0.533. The monoisotopic (exact) mass is 278 g/mol. The molecule has 0 saturated heterocycles. The molecule has 1 aromatic rings. The average Bonchev–Trinajstić information content (AvgIpc) is 2.51. The van der Waals surface area contributed by atoms with Crippen molar-refractivity contribution in [2.45, 2.75) is 20.0 Å². The van der Waals surface area contributed by atoms with E-state index in [0.717, 1.165) is 19.6 Å². The smallest absolute Gasteiger partial charge is 0.264 e. The van der Waals surface area contributed by atoms with Crippen molar-refractivity contribution in [2.24, 2.45) is 0 Å². The number of amides is 1. The highest BCUT2D eigenvalue weighted by molar-refractivity contribution is 5.81. The highest BCUT2D eigenvalue weighted by Crippen LogP contribution is 2.30. The van der Waals surface area contributed by atoms with Crippen LogP contribution in [-0.4, -0.2) is 49.7 Å². The van der Waals surface area contributed by atoms with Crippen LogP contribution in [0.1, 0.15) is 13.8 Å². The molecule has 0 saturated carbocycles. The number of hydrogen-bond acceptors (Lipinski definition) is 4. The Morgan fingerprint density at radius 2 is 2.00 bits per heavy atom. The van der Waals surface area contributed by atoms with Crippen molar-refractivity contribution in [3.05, 3.63) is 24.3 Å². The Morgan fingerprint density at radius 1 is 1.30 bits per heavy atom. The maximum Gasteiger partial charge on any atom is 0.264 e. The van der Waals surface area contributed by atoms with E-state index in [9.17, 15) is 4.79 Å². The van der Waals surface area contributed by atoms with E-state index in [4.69, 9.17) is 9.47 Å². The van der Waals surface area contributed by atoms with Gasteiger partial charge in [-0.05, 0) is 25.2 Å². The maximum absolute atomic E-state index is 12.0. The molecular formula is C15H22N2O3. The largest absolute Gasteiger partial charge is 0.485 e. The van der Waals surface area contributed by atoms with Gasteiger partial charge in [-0.15, -0.1) is 0 Å². The standard InChI is InChI=1S/C15H22N2O3/c1-3-17(4-2)10-9-16-15(18)14-11-19-12-7-5-6-8-13(12)20-14/h5-8,14H,3-4,9-11H2,1-2H3,(H,16,18). The molecular weight excluding hydrogens is 256 g/mol. The summed E-state index contributed by atoms with van der Waals surface area (Å²) in [6, 6.07) is 7.39. The van der Waals surface area contributed by atoms with Gasteiger partial charge in [0.1, 0.15) is 6.61 Å². The third kappa shape index (κ3) is 3.63. The molecule has 0 spiro atoms. The fourth-order valence-corrected chi connectivity index (χ4v) is 2.14. The van der Waals surface area contributed by atoms with Crippen molar-refractivity contribution in [2.75, 3.05) is 32.8 Å². The van der Waals surface area contributed by atoms with Crippen LogP contribution in [0.4, 0.5) is 0 Å². The van der Waals surface area contributed by atoms with Gasteiger partial charge in [0.25, 0.3) is 5.91 Å². The lowest BCUT2D eigenvalue weighted by Crippen LogP contribution is -2.46. The van der Waals surface area contributed by atoms with Gasteiger partial charge in [0.2, 0.25) is 6.10 Å². The molecule has 0 radical (unpaired) electrons. The number of nitrogens with one attached hydrogen (secondary N) is 1. The molecule has 2 rings (SSSR count). The molecule has 1 aromatic carbocycles. The molecule has 1 aliphatic heterocycles. The summed E-state index contributed by atoms with van der Waals surface area (Å²) in [6.07, 6.45) is -0.568. The van der Waals surface area contributed by atoms with Crippen LogP contribution in [0.3, 0.4) is 0 Å². The van der Waals surface area contributed by atoms with E-state index < -0.39 is 6.10 Å². The third-order valence-corrected chi connectivity index (χ3v) is 3.42. The van der Waals surface area contributed by atoms with Gasteiger partial charge < -0.3 is 19.7 Å². The average molecular weight is 278 g/mol. The summed E-state index contributed by atoms with van der Waals surface area (Å²) in [5.74, 6) is 1.20. The molecule has 0 aromatic heterocycles. The Balaban J connectivity index is 1.80. The first kappa shape index (κ1) is 14.7. The quantitative estimate of drug-likeness (QED) is 0.852. The van der Waals surface area contributed by atoms with Crippen molar-refractivity contribution < 1.29 is 14.3 Å². The number of likely N-dealkylation sites (N-methyl/N-ethyl adjacent to an activating group) is 1. The molecule has 110 valence electrons. The van der Waals surface area contributed by atoms with Crippen LogP contribution in [0.5, 0.6) is 11.5 Å². The topological polar surface area (TPSA) is 50.8 Å². The van der Waals surface area contributed by atoms with Gasteiger partial charge in [-0.3, -0.25) is 4.79 Å². The van der Waals surface area contributed by atoms with E-state index in [1.54, 1.807) is 0 Å². The van der Waals surface area contributed by atoms with Crippen LogP contribution in [0.2, 0.25) is 0 Å². The van der Waals surface area contributed by atoms with Crippen molar-refractivity contribution in [3.63, 3.8) is 0 Å². The van der Waals surface area contributed by atoms with Crippen molar-refractivity contribution in [1.82, 2.24) is 10.2 Å². The van der Waals surface area contributed by atoms with E-state index in [2.05, 4.69) is 24.1 Å². The number of benzene rings is 1. The van der Waals surface area contributed by atoms with Crippen LogP contribution in [0.15, 0.2) is 24.3 Å². The number of para-hydroxylation sites is 2. The van der Waals surface area contributed by atoms with Crippen molar-refractivity contribution in [3.8, 4) is 11.5 Å². The summed E-state index contributed by atoms with van der Waals surface area (Å²) in [4.78, 5) is 14.3. The zero-order valence-electron chi connectivity index (χ0n) is 12.1. The molecule has 0 aliphatic carbocycles. The lowest BCUT2D eigenvalue weighted by Gasteiger charge is -2.26. The van der Waals surface area contributed by atoms with Gasteiger partial charge in [0, 0.05) is 13.1 Å². The van der Waals surface area contributed by atoms with Crippen molar-refractivity contribution in [1.29, 1.82) is 0 Å².